The molecule has 4 N–H and O–H groups in total. The molecule has 0 spiro atoms. The Hall–Kier alpha value is -2.73. The molecule has 0 bridgehead atoms. The molecule has 1 amide bonds. The Kier molecular flexibility index (Phi) is 3.14. The van der Waals surface area contributed by atoms with E-state index in [-0.39, 0.29) is 5.91 Å². The van der Waals surface area contributed by atoms with Crippen LogP contribution in [0.15, 0.2) is 42.7 Å². The molecule has 0 saturated heterocycles. The van der Waals surface area contributed by atoms with E-state index in [9.17, 15) is 4.79 Å². The topological polar surface area (TPSA) is 96.7 Å². The van der Waals surface area contributed by atoms with E-state index in [2.05, 4.69) is 20.5 Å². The molecule has 100 valence electrons. The number of anilines is 1. The second-order valence-electron chi connectivity index (χ2n) is 4.35. The van der Waals surface area contributed by atoms with Crippen LogP contribution in [0, 0.1) is 0 Å². The van der Waals surface area contributed by atoms with Crippen molar-refractivity contribution in [1.82, 2.24) is 15.2 Å². The molecule has 3 aromatic rings. The molecule has 6 nitrogen and oxygen atoms in total. The van der Waals surface area contributed by atoms with Gasteiger partial charge in [0.25, 0.3) is 5.91 Å². The summed E-state index contributed by atoms with van der Waals surface area (Å²) in [5.74, 6) is -0.267. The number of carbonyl (C=O) groups is 1. The fraction of sp³-hybridized carbons (Fsp3) is 0.0714. The molecule has 6 heteroatoms. The first-order valence-electron chi connectivity index (χ1n) is 6.16. The number of hydrogen-bond donors (Lipinski definition) is 3. The second kappa shape index (κ2) is 5.10. The summed E-state index contributed by atoms with van der Waals surface area (Å²) >= 11 is 0. The number of hydrogen-bond acceptors (Lipinski definition) is 4. The van der Waals surface area contributed by atoms with Gasteiger partial charge < -0.3 is 11.1 Å². The van der Waals surface area contributed by atoms with E-state index in [0.29, 0.717) is 17.9 Å². The van der Waals surface area contributed by atoms with Crippen LogP contribution in [0.2, 0.25) is 0 Å². The highest BCUT2D eigenvalue weighted by Gasteiger charge is 2.14. The van der Waals surface area contributed by atoms with Gasteiger partial charge in [-0.15, -0.1) is 0 Å². The highest BCUT2D eigenvalue weighted by atomic mass is 16.1. The minimum absolute atomic E-state index is 0.267. The van der Waals surface area contributed by atoms with Gasteiger partial charge in [0.1, 0.15) is 0 Å². The number of pyridine rings is 1. The Balaban J connectivity index is 1.95. The molecule has 0 unspecified atom stereocenters. The van der Waals surface area contributed by atoms with Crippen molar-refractivity contribution in [2.75, 3.05) is 5.32 Å². The lowest BCUT2D eigenvalue weighted by molar-refractivity contribution is 0.102. The van der Waals surface area contributed by atoms with E-state index in [1.54, 1.807) is 24.5 Å². The summed E-state index contributed by atoms with van der Waals surface area (Å²) in [7, 11) is 0. The van der Waals surface area contributed by atoms with Crippen LogP contribution in [0.25, 0.3) is 10.9 Å². The number of aromatic nitrogens is 3. The summed E-state index contributed by atoms with van der Waals surface area (Å²) in [4.78, 5) is 16.1. The highest BCUT2D eigenvalue weighted by Crippen LogP contribution is 2.18. The van der Waals surface area contributed by atoms with Crippen LogP contribution in [0.5, 0.6) is 0 Å². The van der Waals surface area contributed by atoms with Crippen LogP contribution in [0.4, 0.5) is 5.69 Å². The highest BCUT2D eigenvalue weighted by molar-refractivity contribution is 6.11. The van der Waals surface area contributed by atoms with E-state index in [1.807, 2.05) is 18.2 Å². The van der Waals surface area contributed by atoms with E-state index in [0.717, 1.165) is 16.5 Å². The Labute approximate surface area is 115 Å². The number of aromatic amines is 1. The van der Waals surface area contributed by atoms with Gasteiger partial charge in [-0.2, -0.15) is 5.10 Å². The fourth-order valence-corrected chi connectivity index (χ4v) is 1.99. The maximum Gasteiger partial charge on any atom is 0.276 e. The lowest BCUT2D eigenvalue weighted by atomic mass is 10.1. The first-order chi connectivity index (χ1) is 9.78. The Morgan fingerprint density at radius 2 is 2.05 bits per heavy atom. The summed E-state index contributed by atoms with van der Waals surface area (Å²) in [5.41, 5.74) is 8.41. The molecule has 0 aliphatic heterocycles. The van der Waals surface area contributed by atoms with Crippen molar-refractivity contribution in [3.05, 3.63) is 54.0 Å². The minimum Gasteiger partial charge on any atom is -0.326 e. The van der Waals surface area contributed by atoms with Gasteiger partial charge >= 0.3 is 0 Å². The molecule has 0 aliphatic rings. The molecule has 0 saturated carbocycles. The maximum atomic E-state index is 12.2. The largest absolute Gasteiger partial charge is 0.326 e. The predicted octanol–water partition coefficient (Wildman–Crippen LogP) is 1.67. The van der Waals surface area contributed by atoms with Gasteiger partial charge in [0, 0.05) is 30.0 Å². The molecule has 20 heavy (non-hydrogen) atoms. The zero-order valence-corrected chi connectivity index (χ0v) is 10.6. The average molecular weight is 267 g/mol. The number of nitrogens with zero attached hydrogens (tertiary/aromatic N) is 2. The van der Waals surface area contributed by atoms with Gasteiger partial charge in [0.05, 0.1) is 5.52 Å². The third-order valence-corrected chi connectivity index (χ3v) is 3.02. The van der Waals surface area contributed by atoms with Gasteiger partial charge in [0.2, 0.25) is 0 Å². The molecule has 0 radical (unpaired) electrons. The Bertz CT molecular complexity index is 751. The quantitative estimate of drug-likeness (QED) is 0.672. The monoisotopic (exact) mass is 267 g/mol. The molecule has 2 heterocycles. The van der Waals surface area contributed by atoms with Crippen molar-refractivity contribution in [3.8, 4) is 0 Å². The normalized spacial score (nSPS) is 10.7. The molecule has 2 aromatic heterocycles. The average Bonchev–Trinajstić information content (AvgIpc) is 2.91. The van der Waals surface area contributed by atoms with Crippen molar-refractivity contribution in [2.24, 2.45) is 5.73 Å². The second-order valence-corrected chi connectivity index (χ2v) is 4.35. The van der Waals surface area contributed by atoms with Crippen LogP contribution in [-0.2, 0) is 6.54 Å². The van der Waals surface area contributed by atoms with Crippen molar-refractivity contribution < 1.29 is 4.79 Å². The van der Waals surface area contributed by atoms with Crippen molar-refractivity contribution in [2.45, 2.75) is 6.54 Å². The minimum atomic E-state index is -0.267. The summed E-state index contributed by atoms with van der Waals surface area (Å²) in [6.45, 7) is 0.423. The Morgan fingerprint density at radius 3 is 2.80 bits per heavy atom. The number of carbonyl (C=O) groups excluding carboxylic acids is 1. The molecule has 1 aromatic carbocycles. The third kappa shape index (κ3) is 2.24. The smallest absolute Gasteiger partial charge is 0.276 e. The van der Waals surface area contributed by atoms with E-state index < -0.39 is 0 Å². The van der Waals surface area contributed by atoms with Gasteiger partial charge in [-0.1, -0.05) is 6.07 Å². The summed E-state index contributed by atoms with van der Waals surface area (Å²) < 4.78 is 0. The van der Waals surface area contributed by atoms with Crippen LogP contribution >= 0.6 is 0 Å². The van der Waals surface area contributed by atoms with Crippen LogP contribution < -0.4 is 11.1 Å². The number of benzene rings is 1. The van der Waals surface area contributed by atoms with Gasteiger partial charge in [0.15, 0.2) is 5.69 Å². The third-order valence-electron chi connectivity index (χ3n) is 3.02. The molecule has 0 aliphatic carbocycles. The van der Waals surface area contributed by atoms with Crippen molar-refractivity contribution in [1.29, 1.82) is 0 Å². The molecule has 0 fully saturated rings. The predicted molar refractivity (Wildman–Crippen MR) is 76.2 cm³/mol. The number of fused-ring (bicyclic) bond motifs is 1. The van der Waals surface area contributed by atoms with E-state index in [4.69, 9.17) is 5.73 Å². The van der Waals surface area contributed by atoms with Crippen LogP contribution in [0.3, 0.4) is 0 Å². The van der Waals surface area contributed by atoms with Crippen molar-refractivity contribution >= 4 is 22.5 Å². The van der Waals surface area contributed by atoms with Gasteiger partial charge in [-0.05, 0) is 29.8 Å². The summed E-state index contributed by atoms with van der Waals surface area (Å²) in [6, 6.07) is 9.09. The standard InChI is InChI=1S/C14H13N5O/c15-8-9-1-2-12-11(7-9)13(19-18-12)14(20)17-10-3-5-16-6-4-10/h1-7H,8,15H2,(H,18,19)(H,16,17,20). The zero-order chi connectivity index (χ0) is 13.9. The van der Waals surface area contributed by atoms with Crippen LogP contribution in [-0.4, -0.2) is 21.1 Å². The molecule has 0 atom stereocenters. The number of amides is 1. The number of nitrogens with two attached hydrogens (primary N) is 1. The number of rotatable bonds is 3. The summed E-state index contributed by atoms with van der Waals surface area (Å²) in [6.07, 6.45) is 3.23. The lowest BCUT2D eigenvalue weighted by Gasteiger charge is -2.03. The molecular weight excluding hydrogens is 254 g/mol. The van der Waals surface area contributed by atoms with E-state index in [1.165, 1.54) is 0 Å². The fourth-order valence-electron chi connectivity index (χ4n) is 1.99. The van der Waals surface area contributed by atoms with Gasteiger partial charge in [-0.25, -0.2) is 0 Å². The van der Waals surface area contributed by atoms with Crippen LogP contribution in [0.1, 0.15) is 16.1 Å². The SMILES string of the molecule is NCc1ccc2[nH]nc(C(=O)Nc3ccncc3)c2c1. The molecular formula is C14H13N5O. The number of H-pyrrole nitrogens is 1. The maximum absolute atomic E-state index is 12.2. The van der Waals surface area contributed by atoms with Gasteiger partial charge in [-0.3, -0.25) is 14.9 Å². The first-order valence-corrected chi connectivity index (χ1v) is 6.16. The van der Waals surface area contributed by atoms with E-state index >= 15 is 0 Å². The zero-order valence-electron chi connectivity index (χ0n) is 10.6. The Morgan fingerprint density at radius 1 is 1.25 bits per heavy atom. The lowest BCUT2D eigenvalue weighted by Crippen LogP contribution is -2.12. The molecule has 3 rings (SSSR count). The first kappa shape index (κ1) is 12.3. The summed E-state index contributed by atoms with van der Waals surface area (Å²) in [5, 5.41) is 10.5. The number of nitrogens with one attached hydrogen (secondary N) is 2. The van der Waals surface area contributed by atoms with Crippen molar-refractivity contribution in [3.63, 3.8) is 0 Å².